The predicted molar refractivity (Wildman–Crippen MR) is 87.2 cm³/mol. The molecule has 1 aliphatic rings. The van der Waals surface area contributed by atoms with Crippen LogP contribution in [0.4, 0.5) is 5.69 Å². The van der Waals surface area contributed by atoms with Gasteiger partial charge in [-0.25, -0.2) is 13.2 Å². The van der Waals surface area contributed by atoms with Gasteiger partial charge in [-0.1, -0.05) is 30.3 Å². The van der Waals surface area contributed by atoms with E-state index in [1.165, 1.54) is 17.5 Å². The van der Waals surface area contributed by atoms with Crippen molar-refractivity contribution in [2.45, 2.75) is 18.2 Å². The molecule has 0 N–H and O–H groups in total. The fraction of sp³-hybridized carbons (Fsp3) is 0.235. The van der Waals surface area contributed by atoms with Crippen LogP contribution in [0.25, 0.3) is 0 Å². The van der Waals surface area contributed by atoms with Gasteiger partial charge in [-0.2, -0.15) is 0 Å². The normalized spacial score (nSPS) is 13.7. The third kappa shape index (κ3) is 2.49. The van der Waals surface area contributed by atoms with Crippen LogP contribution in [0.1, 0.15) is 21.5 Å². The van der Waals surface area contributed by atoms with Gasteiger partial charge < -0.3 is 4.74 Å². The summed E-state index contributed by atoms with van der Waals surface area (Å²) in [5.74, 6) is -0.644. The third-order valence-corrected chi connectivity index (χ3v) is 5.89. The summed E-state index contributed by atoms with van der Waals surface area (Å²) < 4.78 is 32.3. The van der Waals surface area contributed by atoms with E-state index >= 15 is 0 Å². The molecule has 0 radical (unpaired) electrons. The summed E-state index contributed by atoms with van der Waals surface area (Å²) >= 11 is 0. The van der Waals surface area contributed by atoms with Crippen molar-refractivity contribution in [2.75, 3.05) is 18.0 Å². The lowest BCUT2D eigenvalue weighted by molar-refractivity contribution is 0.0595. The highest BCUT2D eigenvalue weighted by Crippen LogP contribution is 2.34. The van der Waals surface area contributed by atoms with E-state index in [4.69, 9.17) is 4.74 Å². The lowest BCUT2D eigenvalue weighted by Crippen LogP contribution is -2.30. The Kier molecular flexibility index (Phi) is 3.85. The number of fused-ring (bicyclic) bond motifs is 1. The van der Waals surface area contributed by atoms with Crippen molar-refractivity contribution in [3.63, 3.8) is 0 Å². The van der Waals surface area contributed by atoms with Crippen molar-refractivity contribution >= 4 is 21.7 Å². The standard InChI is InChI=1S/C17H17NO4S/c1-12-6-5-9-15(16(12)17(19)22-2)23(20,21)18-11-10-13-7-3-4-8-14(13)18/h3-9H,10-11H2,1-2H3. The van der Waals surface area contributed by atoms with E-state index < -0.39 is 16.0 Å². The quantitative estimate of drug-likeness (QED) is 0.811. The average Bonchev–Trinajstić information content (AvgIpc) is 2.98. The first-order valence-corrected chi connectivity index (χ1v) is 8.69. The number of carbonyl (C=O) groups is 1. The molecule has 0 spiro atoms. The summed E-state index contributed by atoms with van der Waals surface area (Å²) in [6.45, 7) is 2.07. The van der Waals surface area contributed by atoms with E-state index in [1.54, 1.807) is 25.1 Å². The fourth-order valence-corrected chi connectivity index (χ4v) is 4.65. The predicted octanol–water partition coefficient (Wildman–Crippen LogP) is 2.53. The third-order valence-electron chi connectivity index (χ3n) is 4.04. The van der Waals surface area contributed by atoms with E-state index in [2.05, 4.69) is 0 Å². The molecule has 2 aromatic rings. The molecule has 23 heavy (non-hydrogen) atoms. The van der Waals surface area contributed by atoms with Crippen LogP contribution in [-0.2, 0) is 21.2 Å². The summed E-state index contributed by atoms with van der Waals surface area (Å²) in [6.07, 6.45) is 0.661. The number of ether oxygens (including phenoxy) is 1. The minimum atomic E-state index is -3.83. The highest BCUT2D eigenvalue weighted by molar-refractivity contribution is 7.93. The monoisotopic (exact) mass is 331 g/mol. The van der Waals surface area contributed by atoms with E-state index in [1.807, 2.05) is 18.2 Å². The molecule has 0 saturated carbocycles. The van der Waals surface area contributed by atoms with Crippen LogP contribution in [-0.4, -0.2) is 28.0 Å². The first-order chi connectivity index (χ1) is 11.0. The summed E-state index contributed by atoms with van der Waals surface area (Å²) in [4.78, 5) is 12.0. The first kappa shape index (κ1) is 15.6. The molecule has 5 nitrogen and oxygen atoms in total. The Bertz CT molecular complexity index is 874. The molecule has 0 atom stereocenters. The van der Waals surface area contributed by atoms with Gasteiger partial charge in [-0.05, 0) is 36.6 Å². The Balaban J connectivity index is 2.16. The van der Waals surface area contributed by atoms with Crippen molar-refractivity contribution in [3.05, 3.63) is 59.2 Å². The number of esters is 1. The van der Waals surface area contributed by atoms with Gasteiger partial charge in [0, 0.05) is 6.54 Å². The van der Waals surface area contributed by atoms with Crippen molar-refractivity contribution in [1.29, 1.82) is 0 Å². The zero-order valence-electron chi connectivity index (χ0n) is 12.9. The van der Waals surface area contributed by atoms with Gasteiger partial charge in [-0.3, -0.25) is 4.31 Å². The van der Waals surface area contributed by atoms with E-state index in [0.717, 1.165) is 5.56 Å². The summed E-state index contributed by atoms with van der Waals surface area (Å²) in [6, 6.07) is 12.2. The van der Waals surface area contributed by atoms with Crippen molar-refractivity contribution < 1.29 is 17.9 Å². The molecule has 6 heteroatoms. The second-order valence-electron chi connectivity index (χ2n) is 5.40. The van der Waals surface area contributed by atoms with Gasteiger partial charge in [0.15, 0.2) is 0 Å². The Morgan fingerprint density at radius 1 is 1.13 bits per heavy atom. The van der Waals surface area contributed by atoms with Crippen LogP contribution in [0.5, 0.6) is 0 Å². The minimum absolute atomic E-state index is 0.0129. The maximum Gasteiger partial charge on any atom is 0.339 e. The Hall–Kier alpha value is -2.34. The molecule has 2 aromatic carbocycles. The van der Waals surface area contributed by atoms with Gasteiger partial charge in [0.05, 0.1) is 18.4 Å². The Morgan fingerprint density at radius 3 is 2.61 bits per heavy atom. The van der Waals surface area contributed by atoms with Crippen molar-refractivity contribution in [2.24, 2.45) is 0 Å². The average molecular weight is 331 g/mol. The summed E-state index contributed by atoms with van der Waals surface area (Å²) in [5.41, 5.74) is 2.33. The Morgan fingerprint density at radius 2 is 1.87 bits per heavy atom. The molecule has 120 valence electrons. The van der Waals surface area contributed by atoms with Gasteiger partial charge in [0.2, 0.25) is 0 Å². The molecule has 1 heterocycles. The lowest BCUT2D eigenvalue weighted by Gasteiger charge is -2.21. The van der Waals surface area contributed by atoms with Crippen molar-refractivity contribution in [3.8, 4) is 0 Å². The number of benzene rings is 2. The topological polar surface area (TPSA) is 63.7 Å². The number of aryl methyl sites for hydroxylation is 1. The summed E-state index contributed by atoms with van der Waals surface area (Å²) in [5, 5.41) is 0. The molecular weight excluding hydrogens is 314 g/mol. The molecule has 0 unspecified atom stereocenters. The Labute approximate surface area is 135 Å². The van der Waals surface area contributed by atoms with Crippen LogP contribution in [0.15, 0.2) is 47.4 Å². The molecule has 0 aromatic heterocycles. The van der Waals surface area contributed by atoms with Crippen LogP contribution in [0.3, 0.4) is 0 Å². The summed E-state index contributed by atoms with van der Waals surface area (Å²) in [7, 11) is -2.58. The second kappa shape index (κ2) is 5.70. The molecule has 0 amide bonds. The minimum Gasteiger partial charge on any atom is -0.465 e. The number of hydrogen-bond donors (Lipinski definition) is 0. The van der Waals surface area contributed by atoms with E-state index in [0.29, 0.717) is 24.2 Å². The zero-order valence-corrected chi connectivity index (χ0v) is 13.8. The molecule has 3 rings (SSSR count). The molecule has 0 saturated heterocycles. The maximum atomic E-state index is 13.1. The van der Waals surface area contributed by atoms with Gasteiger partial charge in [0.25, 0.3) is 10.0 Å². The molecule has 0 fully saturated rings. The number of methoxy groups -OCH3 is 1. The van der Waals surface area contributed by atoms with Crippen LogP contribution >= 0.6 is 0 Å². The van der Waals surface area contributed by atoms with Crippen LogP contribution < -0.4 is 4.31 Å². The lowest BCUT2D eigenvalue weighted by atomic mass is 10.1. The van der Waals surface area contributed by atoms with E-state index in [9.17, 15) is 13.2 Å². The highest BCUT2D eigenvalue weighted by atomic mass is 32.2. The molecular formula is C17H17NO4S. The largest absolute Gasteiger partial charge is 0.465 e. The van der Waals surface area contributed by atoms with Gasteiger partial charge >= 0.3 is 5.97 Å². The van der Waals surface area contributed by atoms with Crippen molar-refractivity contribution in [1.82, 2.24) is 0 Å². The van der Waals surface area contributed by atoms with Gasteiger partial charge in [0.1, 0.15) is 4.90 Å². The molecule has 1 aliphatic heterocycles. The second-order valence-corrected chi connectivity index (χ2v) is 7.23. The number of nitrogens with zero attached hydrogens (tertiary/aromatic N) is 1. The van der Waals surface area contributed by atoms with Gasteiger partial charge in [-0.15, -0.1) is 0 Å². The van der Waals surface area contributed by atoms with E-state index in [-0.39, 0.29) is 10.5 Å². The number of anilines is 1. The SMILES string of the molecule is COC(=O)c1c(C)cccc1S(=O)(=O)N1CCc2ccccc21. The van der Waals surface area contributed by atoms with Crippen LogP contribution in [0, 0.1) is 6.92 Å². The van der Waals surface area contributed by atoms with Crippen LogP contribution in [0.2, 0.25) is 0 Å². The number of hydrogen-bond acceptors (Lipinski definition) is 4. The number of rotatable bonds is 3. The molecule has 0 bridgehead atoms. The smallest absolute Gasteiger partial charge is 0.339 e. The highest BCUT2D eigenvalue weighted by Gasteiger charge is 2.34. The number of sulfonamides is 1. The zero-order chi connectivity index (χ0) is 16.6. The number of para-hydroxylation sites is 1. The fourth-order valence-electron chi connectivity index (χ4n) is 2.90. The first-order valence-electron chi connectivity index (χ1n) is 7.25. The number of carbonyl (C=O) groups excluding carboxylic acids is 1. The molecule has 0 aliphatic carbocycles. The maximum absolute atomic E-state index is 13.1.